The fourth-order valence-corrected chi connectivity index (χ4v) is 1.44. The van der Waals surface area contributed by atoms with Crippen molar-refractivity contribution in [3.8, 4) is 5.75 Å². The van der Waals surface area contributed by atoms with Gasteiger partial charge >= 0.3 is 0 Å². The van der Waals surface area contributed by atoms with Crippen molar-refractivity contribution in [3.63, 3.8) is 0 Å². The Morgan fingerprint density at radius 1 is 1.53 bits per heavy atom. The molecule has 0 saturated carbocycles. The molecule has 6 heteroatoms. The van der Waals surface area contributed by atoms with Crippen molar-refractivity contribution in [1.82, 2.24) is 10.3 Å². The first kappa shape index (κ1) is 13.4. The monoisotopic (exact) mass is 253 g/mol. The van der Waals surface area contributed by atoms with E-state index in [1.807, 2.05) is 0 Å². The molecule has 0 aliphatic rings. The lowest BCUT2D eigenvalue weighted by molar-refractivity contribution is 0.0950. The summed E-state index contributed by atoms with van der Waals surface area (Å²) in [5.74, 6) is -0.423. The van der Waals surface area contributed by atoms with Gasteiger partial charge in [0.15, 0.2) is 0 Å². The van der Waals surface area contributed by atoms with Crippen molar-refractivity contribution in [3.05, 3.63) is 24.0 Å². The molecule has 0 spiro atoms. The summed E-state index contributed by atoms with van der Waals surface area (Å²) in [5, 5.41) is 12.1. The first-order valence-corrected chi connectivity index (χ1v) is 5.71. The first-order valence-electron chi connectivity index (χ1n) is 5.30. The maximum Gasteiger partial charge on any atom is 0.255 e. The number of aromatic nitrogens is 1. The Morgan fingerprint density at radius 2 is 2.29 bits per heavy atom. The number of nitrogens with two attached hydrogens (primary N) is 1. The van der Waals surface area contributed by atoms with Crippen LogP contribution in [0.1, 0.15) is 29.6 Å². The third-order valence-corrected chi connectivity index (χ3v) is 2.38. The minimum atomic E-state index is -0.305. The van der Waals surface area contributed by atoms with E-state index in [-0.39, 0.29) is 17.2 Å². The molecule has 1 rings (SSSR count). The maximum atomic E-state index is 11.6. The number of rotatable bonds is 6. The lowest BCUT2D eigenvalue weighted by atomic mass is 10.2. The van der Waals surface area contributed by atoms with Crippen molar-refractivity contribution >= 4 is 23.1 Å². The highest BCUT2D eigenvalue weighted by molar-refractivity contribution is 7.80. The molecule has 0 aliphatic heterocycles. The summed E-state index contributed by atoms with van der Waals surface area (Å²) in [7, 11) is 0. The first-order chi connectivity index (χ1) is 8.11. The molecule has 0 aromatic carbocycles. The molecular weight excluding hydrogens is 238 g/mol. The van der Waals surface area contributed by atoms with E-state index in [1.54, 1.807) is 0 Å². The summed E-state index contributed by atoms with van der Waals surface area (Å²) in [4.78, 5) is 15.8. The molecule has 1 aromatic rings. The summed E-state index contributed by atoms with van der Waals surface area (Å²) >= 11 is 4.74. The van der Waals surface area contributed by atoms with E-state index < -0.39 is 0 Å². The highest BCUT2D eigenvalue weighted by Crippen LogP contribution is 2.13. The van der Waals surface area contributed by atoms with Crippen LogP contribution in [0, 0.1) is 0 Å². The minimum Gasteiger partial charge on any atom is -0.505 e. The van der Waals surface area contributed by atoms with Gasteiger partial charge in [0.1, 0.15) is 5.75 Å². The van der Waals surface area contributed by atoms with Crippen LogP contribution in [-0.2, 0) is 0 Å². The summed E-state index contributed by atoms with van der Waals surface area (Å²) in [5.41, 5.74) is 5.58. The SMILES string of the molecule is NC(=S)CCCCNC(=O)c1ccncc1O. The molecule has 0 fully saturated rings. The number of unbranched alkanes of at least 4 members (excludes halogenated alkanes) is 1. The second-order valence-corrected chi connectivity index (χ2v) is 4.10. The van der Waals surface area contributed by atoms with Crippen LogP contribution in [0.4, 0.5) is 0 Å². The van der Waals surface area contributed by atoms with Crippen molar-refractivity contribution in [2.75, 3.05) is 6.54 Å². The Bertz CT molecular complexity index is 409. The molecule has 1 aromatic heterocycles. The van der Waals surface area contributed by atoms with Crippen LogP contribution >= 0.6 is 12.2 Å². The smallest absolute Gasteiger partial charge is 0.255 e. The number of hydrogen-bond acceptors (Lipinski definition) is 4. The Kier molecular flexibility index (Phi) is 5.35. The van der Waals surface area contributed by atoms with Gasteiger partial charge in [-0.05, 0) is 25.3 Å². The van der Waals surface area contributed by atoms with Gasteiger partial charge in [-0.2, -0.15) is 0 Å². The summed E-state index contributed by atoms with van der Waals surface area (Å²) in [6.45, 7) is 0.531. The van der Waals surface area contributed by atoms with Crippen LogP contribution in [0.3, 0.4) is 0 Å². The average molecular weight is 253 g/mol. The van der Waals surface area contributed by atoms with Crippen LogP contribution < -0.4 is 11.1 Å². The minimum absolute atomic E-state index is 0.117. The topological polar surface area (TPSA) is 88.2 Å². The van der Waals surface area contributed by atoms with E-state index in [1.165, 1.54) is 18.5 Å². The molecule has 92 valence electrons. The number of nitrogens with zero attached hydrogens (tertiary/aromatic N) is 1. The van der Waals surface area contributed by atoms with Crippen LogP contribution in [0.5, 0.6) is 5.75 Å². The molecular formula is C11H15N3O2S. The molecule has 5 nitrogen and oxygen atoms in total. The fraction of sp³-hybridized carbons (Fsp3) is 0.364. The van der Waals surface area contributed by atoms with Crippen LogP contribution in [0.15, 0.2) is 18.5 Å². The van der Waals surface area contributed by atoms with Gasteiger partial charge in [-0.25, -0.2) is 0 Å². The van der Waals surface area contributed by atoms with E-state index >= 15 is 0 Å². The summed E-state index contributed by atoms with van der Waals surface area (Å²) in [6.07, 6.45) is 5.03. The maximum absolute atomic E-state index is 11.6. The van der Waals surface area contributed by atoms with Crippen LogP contribution in [0.2, 0.25) is 0 Å². The third-order valence-electron chi connectivity index (χ3n) is 2.18. The number of amides is 1. The summed E-state index contributed by atoms with van der Waals surface area (Å²) in [6, 6.07) is 1.47. The number of nitrogens with one attached hydrogen (secondary N) is 1. The average Bonchev–Trinajstić information content (AvgIpc) is 2.28. The number of carbonyl (C=O) groups excluding carboxylic acids is 1. The Balaban J connectivity index is 2.31. The van der Waals surface area contributed by atoms with E-state index in [2.05, 4.69) is 10.3 Å². The zero-order chi connectivity index (χ0) is 12.7. The Labute approximate surface area is 105 Å². The van der Waals surface area contributed by atoms with Gasteiger partial charge in [-0.3, -0.25) is 9.78 Å². The number of thiocarbonyl (C=S) groups is 1. The van der Waals surface area contributed by atoms with Gasteiger partial charge < -0.3 is 16.2 Å². The van der Waals surface area contributed by atoms with E-state index in [9.17, 15) is 9.90 Å². The Hall–Kier alpha value is -1.69. The second kappa shape index (κ2) is 6.80. The molecule has 0 unspecified atom stereocenters. The predicted octanol–water partition coefficient (Wildman–Crippen LogP) is 0.973. The lowest BCUT2D eigenvalue weighted by Crippen LogP contribution is -2.24. The molecule has 0 aliphatic carbocycles. The van der Waals surface area contributed by atoms with Crippen LogP contribution in [0.25, 0.3) is 0 Å². The van der Waals surface area contributed by atoms with Crippen molar-refractivity contribution in [2.45, 2.75) is 19.3 Å². The molecule has 4 N–H and O–H groups in total. The van der Waals surface area contributed by atoms with Crippen molar-refractivity contribution < 1.29 is 9.90 Å². The van der Waals surface area contributed by atoms with Gasteiger partial charge in [-0.1, -0.05) is 12.2 Å². The molecule has 0 radical (unpaired) electrons. The fourth-order valence-electron chi connectivity index (χ4n) is 1.30. The quantitative estimate of drug-likeness (QED) is 0.519. The zero-order valence-corrected chi connectivity index (χ0v) is 10.2. The highest BCUT2D eigenvalue weighted by Gasteiger charge is 2.09. The van der Waals surface area contributed by atoms with Gasteiger partial charge in [0.05, 0.1) is 16.7 Å². The van der Waals surface area contributed by atoms with E-state index in [0.29, 0.717) is 18.0 Å². The summed E-state index contributed by atoms with van der Waals surface area (Å²) < 4.78 is 0. The molecule has 17 heavy (non-hydrogen) atoms. The van der Waals surface area contributed by atoms with Gasteiger partial charge in [0.25, 0.3) is 5.91 Å². The number of pyridine rings is 1. The van der Waals surface area contributed by atoms with Gasteiger partial charge in [0.2, 0.25) is 0 Å². The normalized spacial score (nSPS) is 9.88. The highest BCUT2D eigenvalue weighted by atomic mass is 32.1. The zero-order valence-electron chi connectivity index (χ0n) is 9.35. The number of carbonyl (C=O) groups is 1. The van der Waals surface area contributed by atoms with E-state index in [0.717, 1.165) is 12.8 Å². The van der Waals surface area contributed by atoms with Gasteiger partial charge in [0, 0.05) is 12.7 Å². The lowest BCUT2D eigenvalue weighted by Gasteiger charge is -2.05. The molecule has 1 amide bonds. The molecule has 1 heterocycles. The molecule has 0 saturated heterocycles. The third kappa shape index (κ3) is 4.78. The molecule has 0 atom stereocenters. The second-order valence-electron chi connectivity index (χ2n) is 3.57. The standard InChI is InChI=1S/C11H15N3O2S/c12-10(17)3-1-2-5-14-11(16)8-4-6-13-7-9(8)15/h4,6-7,15H,1-3,5H2,(H2,12,17)(H,14,16). The van der Waals surface area contributed by atoms with Crippen molar-refractivity contribution in [1.29, 1.82) is 0 Å². The predicted molar refractivity (Wildman–Crippen MR) is 68.9 cm³/mol. The number of hydrogen-bond donors (Lipinski definition) is 3. The van der Waals surface area contributed by atoms with Crippen molar-refractivity contribution in [2.24, 2.45) is 5.73 Å². The van der Waals surface area contributed by atoms with Gasteiger partial charge in [-0.15, -0.1) is 0 Å². The number of aromatic hydroxyl groups is 1. The Morgan fingerprint density at radius 3 is 2.94 bits per heavy atom. The molecule has 0 bridgehead atoms. The largest absolute Gasteiger partial charge is 0.505 e. The van der Waals surface area contributed by atoms with E-state index in [4.69, 9.17) is 18.0 Å². The van der Waals surface area contributed by atoms with Crippen LogP contribution in [-0.4, -0.2) is 27.5 Å².